The van der Waals surface area contributed by atoms with Crippen LogP contribution in [0.25, 0.3) is 0 Å². The van der Waals surface area contributed by atoms with Crippen LogP contribution in [-0.4, -0.2) is 62.0 Å². The molecule has 2 unspecified atom stereocenters. The largest absolute Gasteiger partial charge is 0.347 e. The summed E-state index contributed by atoms with van der Waals surface area (Å²) >= 11 is 0. The lowest BCUT2D eigenvalue weighted by Gasteiger charge is -2.34. The Hall–Kier alpha value is -0.610. The molecule has 1 aliphatic rings. The van der Waals surface area contributed by atoms with Crippen LogP contribution < -0.4 is 5.32 Å². The molecule has 0 aromatic heterocycles. The second-order valence-corrected chi connectivity index (χ2v) is 6.45. The summed E-state index contributed by atoms with van der Waals surface area (Å²) in [6.07, 6.45) is 4.77. The molecule has 1 N–H and O–H groups in total. The number of likely N-dealkylation sites (N-methyl/N-ethyl adjacent to an activating group) is 2. The average Bonchev–Trinajstić information content (AvgIpc) is 2.34. The van der Waals surface area contributed by atoms with Crippen LogP contribution in [-0.2, 0) is 4.79 Å². The number of likely N-dealkylation sites (tertiary alicyclic amines) is 1. The van der Waals surface area contributed by atoms with Gasteiger partial charge < -0.3 is 15.1 Å². The number of amides is 1. The molecule has 1 saturated heterocycles. The second kappa shape index (κ2) is 7.85. The van der Waals surface area contributed by atoms with Gasteiger partial charge in [0, 0.05) is 26.7 Å². The van der Waals surface area contributed by atoms with Gasteiger partial charge in [0.05, 0.1) is 6.04 Å². The van der Waals surface area contributed by atoms with E-state index >= 15 is 0 Å². The normalized spacial score (nSPS) is 22.5. The van der Waals surface area contributed by atoms with E-state index in [2.05, 4.69) is 31.1 Å². The Kier molecular flexibility index (Phi) is 6.80. The van der Waals surface area contributed by atoms with Crippen LogP contribution in [0.15, 0.2) is 0 Å². The van der Waals surface area contributed by atoms with Gasteiger partial charge in [-0.2, -0.15) is 0 Å². The fourth-order valence-corrected chi connectivity index (χ4v) is 2.73. The molecule has 1 fully saturated rings. The zero-order chi connectivity index (χ0) is 14.4. The van der Waals surface area contributed by atoms with Crippen molar-refractivity contribution < 1.29 is 4.79 Å². The smallest absolute Gasteiger partial charge is 0.239 e. The molecule has 19 heavy (non-hydrogen) atoms. The molecule has 1 heterocycles. The number of nitrogens with zero attached hydrogens (tertiary/aromatic N) is 2. The molecule has 0 aromatic carbocycles. The van der Waals surface area contributed by atoms with Gasteiger partial charge in [-0.05, 0) is 38.8 Å². The van der Waals surface area contributed by atoms with Crippen molar-refractivity contribution in [3.63, 3.8) is 0 Å². The summed E-state index contributed by atoms with van der Waals surface area (Å²) in [5.41, 5.74) is 0. The van der Waals surface area contributed by atoms with Gasteiger partial charge in [0.25, 0.3) is 0 Å². The second-order valence-electron chi connectivity index (χ2n) is 6.45. The molecule has 0 aliphatic carbocycles. The number of piperidine rings is 1. The third-order valence-corrected chi connectivity index (χ3v) is 3.97. The first-order valence-corrected chi connectivity index (χ1v) is 7.56. The molecule has 112 valence electrons. The van der Waals surface area contributed by atoms with E-state index in [1.807, 2.05) is 14.1 Å². The first-order valence-electron chi connectivity index (χ1n) is 7.56. The van der Waals surface area contributed by atoms with Crippen molar-refractivity contribution in [2.45, 2.75) is 51.6 Å². The monoisotopic (exact) mass is 269 g/mol. The van der Waals surface area contributed by atoms with E-state index in [1.165, 1.54) is 25.8 Å². The lowest BCUT2D eigenvalue weighted by Crippen LogP contribution is -2.50. The predicted molar refractivity (Wildman–Crippen MR) is 80.2 cm³/mol. The number of nitrogens with one attached hydrogen (secondary N) is 1. The fraction of sp³-hybridized carbons (Fsp3) is 0.933. The minimum absolute atomic E-state index is 0.0367. The first kappa shape index (κ1) is 16.4. The molecule has 1 rings (SSSR count). The Labute approximate surface area is 118 Å². The molecule has 0 spiro atoms. The van der Waals surface area contributed by atoms with E-state index < -0.39 is 0 Å². The van der Waals surface area contributed by atoms with Crippen LogP contribution >= 0.6 is 0 Å². The van der Waals surface area contributed by atoms with Gasteiger partial charge in [-0.3, -0.25) is 4.79 Å². The van der Waals surface area contributed by atoms with Crippen LogP contribution in [0.1, 0.15) is 39.5 Å². The van der Waals surface area contributed by atoms with Crippen molar-refractivity contribution in [1.82, 2.24) is 15.1 Å². The van der Waals surface area contributed by atoms with Gasteiger partial charge >= 0.3 is 0 Å². The lowest BCUT2D eigenvalue weighted by molar-refractivity contribution is -0.131. The summed E-state index contributed by atoms with van der Waals surface area (Å²) in [6.45, 7) is 6.45. The van der Waals surface area contributed by atoms with Crippen LogP contribution in [0, 0.1) is 5.92 Å². The summed E-state index contributed by atoms with van der Waals surface area (Å²) in [7, 11) is 5.87. The van der Waals surface area contributed by atoms with E-state index in [0.717, 1.165) is 13.0 Å². The topological polar surface area (TPSA) is 35.6 Å². The number of rotatable bonds is 6. The van der Waals surface area contributed by atoms with Crippen LogP contribution in [0.3, 0.4) is 0 Å². The van der Waals surface area contributed by atoms with E-state index in [9.17, 15) is 4.79 Å². The van der Waals surface area contributed by atoms with Crippen molar-refractivity contribution in [3.8, 4) is 0 Å². The summed E-state index contributed by atoms with van der Waals surface area (Å²) in [5.74, 6) is 0.734. The average molecular weight is 269 g/mol. The van der Waals surface area contributed by atoms with Gasteiger partial charge in [0.1, 0.15) is 0 Å². The third-order valence-electron chi connectivity index (χ3n) is 3.97. The molecular weight excluding hydrogens is 238 g/mol. The zero-order valence-electron chi connectivity index (χ0n) is 13.3. The van der Waals surface area contributed by atoms with E-state index in [0.29, 0.717) is 12.0 Å². The highest BCUT2D eigenvalue weighted by Crippen LogP contribution is 2.15. The third kappa shape index (κ3) is 5.49. The van der Waals surface area contributed by atoms with Crippen LogP contribution in [0.4, 0.5) is 0 Å². The molecule has 1 aliphatic heterocycles. The van der Waals surface area contributed by atoms with E-state index in [-0.39, 0.29) is 11.9 Å². The van der Waals surface area contributed by atoms with Crippen LogP contribution in [0.2, 0.25) is 0 Å². The number of hydrogen-bond donors (Lipinski definition) is 1. The highest BCUT2D eigenvalue weighted by atomic mass is 16.2. The Balaban J connectivity index is 2.49. The fourth-order valence-electron chi connectivity index (χ4n) is 2.73. The number of carbonyl (C=O) groups excluding carboxylic acids is 1. The minimum atomic E-state index is -0.0367. The molecular formula is C15H31N3O. The maximum Gasteiger partial charge on any atom is 0.239 e. The minimum Gasteiger partial charge on any atom is -0.347 e. The molecule has 1 amide bonds. The number of carbonyl (C=O) groups is 1. The maximum absolute atomic E-state index is 12.2. The molecule has 4 nitrogen and oxygen atoms in total. The highest BCUT2D eigenvalue weighted by Gasteiger charge is 2.24. The first-order chi connectivity index (χ1) is 8.91. The highest BCUT2D eigenvalue weighted by molar-refractivity contribution is 5.81. The van der Waals surface area contributed by atoms with E-state index in [4.69, 9.17) is 0 Å². The Morgan fingerprint density at radius 1 is 1.37 bits per heavy atom. The Bertz CT molecular complexity index is 279. The van der Waals surface area contributed by atoms with Gasteiger partial charge in [-0.25, -0.2) is 0 Å². The Morgan fingerprint density at radius 3 is 2.58 bits per heavy atom. The van der Waals surface area contributed by atoms with Crippen molar-refractivity contribution in [1.29, 1.82) is 0 Å². The molecule has 0 saturated carbocycles. The Morgan fingerprint density at radius 2 is 2.05 bits per heavy atom. The van der Waals surface area contributed by atoms with Crippen molar-refractivity contribution >= 4 is 5.91 Å². The zero-order valence-corrected chi connectivity index (χ0v) is 13.3. The maximum atomic E-state index is 12.2. The molecule has 4 heteroatoms. The summed E-state index contributed by atoms with van der Waals surface area (Å²) < 4.78 is 0. The van der Waals surface area contributed by atoms with Gasteiger partial charge in [0.2, 0.25) is 5.91 Å². The predicted octanol–water partition coefficient (Wildman–Crippen LogP) is 1.56. The number of hydrogen-bond acceptors (Lipinski definition) is 3. The van der Waals surface area contributed by atoms with E-state index in [1.54, 1.807) is 4.90 Å². The van der Waals surface area contributed by atoms with Crippen molar-refractivity contribution in [3.05, 3.63) is 0 Å². The van der Waals surface area contributed by atoms with Crippen LogP contribution in [0.5, 0.6) is 0 Å². The summed E-state index contributed by atoms with van der Waals surface area (Å²) in [5, 5.41) is 3.50. The SMILES string of the molecule is CC(C)CC(NCC1CCCCN1C)C(=O)N(C)C. The standard InChI is InChI=1S/C15H31N3O/c1-12(2)10-14(15(19)17(3)4)16-11-13-8-6-7-9-18(13)5/h12-14,16H,6-11H2,1-5H3. The van der Waals surface area contributed by atoms with Crippen molar-refractivity contribution in [2.75, 3.05) is 34.2 Å². The molecule has 2 atom stereocenters. The molecule has 0 radical (unpaired) electrons. The quantitative estimate of drug-likeness (QED) is 0.795. The molecule has 0 aromatic rings. The van der Waals surface area contributed by atoms with Crippen molar-refractivity contribution in [2.24, 2.45) is 5.92 Å². The van der Waals surface area contributed by atoms with Gasteiger partial charge in [-0.1, -0.05) is 20.3 Å². The van der Waals surface area contributed by atoms with Gasteiger partial charge in [0.15, 0.2) is 0 Å². The molecule has 0 bridgehead atoms. The van der Waals surface area contributed by atoms with Gasteiger partial charge in [-0.15, -0.1) is 0 Å². The summed E-state index contributed by atoms with van der Waals surface area (Å²) in [6, 6.07) is 0.545. The lowest BCUT2D eigenvalue weighted by atomic mass is 10.00. The summed E-state index contributed by atoms with van der Waals surface area (Å²) in [4.78, 5) is 16.3.